The van der Waals surface area contributed by atoms with Crippen molar-refractivity contribution in [3.05, 3.63) is 0 Å². The Balaban J connectivity index is 0.000000845. The zero-order valence-electron chi connectivity index (χ0n) is 8.31. The van der Waals surface area contributed by atoms with Crippen molar-refractivity contribution in [3.63, 3.8) is 0 Å². The molecule has 0 aromatic heterocycles. The first kappa shape index (κ1) is 11.3. The molecule has 0 unspecified atom stereocenters. The number of halogens is 1. The van der Waals surface area contributed by atoms with Crippen LogP contribution in [0.1, 0.15) is 39.0 Å². The molecule has 1 aliphatic heterocycles. The van der Waals surface area contributed by atoms with E-state index in [0.29, 0.717) is 5.41 Å². The molecule has 2 rings (SSSR count). The fourth-order valence-corrected chi connectivity index (χ4v) is 2.54. The molecule has 2 N–H and O–H groups in total. The summed E-state index contributed by atoms with van der Waals surface area (Å²) in [4.78, 5) is 0. The molecule has 1 heterocycles. The van der Waals surface area contributed by atoms with Crippen molar-refractivity contribution in [3.8, 4) is 0 Å². The minimum absolute atomic E-state index is 0. The molecule has 78 valence electrons. The molecular weight excluding hydrogens is 186 g/mol. The monoisotopic (exact) mass is 205 g/mol. The number of aliphatic hydroxyl groups is 1. The summed E-state index contributed by atoms with van der Waals surface area (Å²) in [5, 5.41) is 13.2. The van der Waals surface area contributed by atoms with Gasteiger partial charge in [-0.05, 0) is 51.0 Å². The topological polar surface area (TPSA) is 32.3 Å². The molecule has 0 atom stereocenters. The molecule has 1 saturated heterocycles. The minimum Gasteiger partial charge on any atom is -0.390 e. The van der Waals surface area contributed by atoms with E-state index >= 15 is 0 Å². The molecule has 0 bridgehead atoms. The molecule has 0 aromatic rings. The summed E-state index contributed by atoms with van der Waals surface area (Å²) < 4.78 is 0. The van der Waals surface area contributed by atoms with Crippen LogP contribution in [0.15, 0.2) is 0 Å². The maximum Gasteiger partial charge on any atom is 0.0620 e. The van der Waals surface area contributed by atoms with E-state index in [4.69, 9.17) is 0 Å². The first-order valence-electron chi connectivity index (χ1n) is 5.05. The molecular formula is C10H20ClNO. The van der Waals surface area contributed by atoms with Crippen LogP contribution in [0, 0.1) is 5.41 Å². The van der Waals surface area contributed by atoms with Gasteiger partial charge < -0.3 is 10.4 Å². The van der Waals surface area contributed by atoms with Crippen LogP contribution in [0.2, 0.25) is 0 Å². The van der Waals surface area contributed by atoms with Crippen molar-refractivity contribution < 1.29 is 5.11 Å². The highest BCUT2D eigenvalue weighted by Gasteiger charge is 2.40. The maximum absolute atomic E-state index is 9.80. The highest BCUT2D eigenvalue weighted by molar-refractivity contribution is 5.85. The van der Waals surface area contributed by atoms with Crippen molar-refractivity contribution >= 4 is 12.4 Å². The Hall–Kier alpha value is 0.210. The van der Waals surface area contributed by atoms with E-state index in [1.807, 2.05) is 6.92 Å². The fraction of sp³-hybridized carbons (Fsp3) is 1.00. The zero-order valence-corrected chi connectivity index (χ0v) is 9.12. The molecule has 13 heavy (non-hydrogen) atoms. The van der Waals surface area contributed by atoms with Crippen LogP contribution >= 0.6 is 12.4 Å². The second kappa shape index (κ2) is 3.76. The van der Waals surface area contributed by atoms with Crippen LogP contribution < -0.4 is 5.32 Å². The van der Waals surface area contributed by atoms with Crippen LogP contribution in [0.25, 0.3) is 0 Å². The van der Waals surface area contributed by atoms with Gasteiger partial charge in [-0.15, -0.1) is 12.4 Å². The summed E-state index contributed by atoms with van der Waals surface area (Å²) in [7, 11) is 0. The number of rotatable bonds is 0. The number of hydrogen-bond acceptors (Lipinski definition) is 2. The highest BCUT2D eigenvalue weighted by Crippen LogP contribution is 2.44. The molecule has 1 spiro atoms. The molecule has 0 amide bonds. The Bertz CT molecular complexity index is 164. The first-order chi connectivity index (χ1) is 5.62. The third-order valence-corrected chi connectivity index (χ3v) is 3.72. The van der Waals surface area contributed by atoms with E-state index in [9.17, 15) is 5.11 Å². The summed E-state index contributed by atoms with van der Waals surface area (Å²) in [5.74, 6) is 0. The molecule has 0 radical (unpaired) electrons. The van der Waals surface area contributed by atoms with Gasteiger partial charge in [-0.2, -0.15) is 0 Å². The Labute approximate surface area is 86.5 Å². The van der Waals surface area contributed by atoms with Crippen LogP contribution in [-0.4, -0.2) is 23.8 Å². The summed E-state index contributed by atoms with van der Waals surface area (Å²) in [5.41, 5.74) is 0.191. The van der Waals surface area contributed by atoms with E-state index in [1.54, 1.807) is 0 Å². The van der Waals surface area contributed by atoms with E-state index in [0.717, 1.165) is 12.8 Å². The van der Waals surface area contributed by atoms with Gasteiger partial charge >= 0.3 is 0 Å². The summed E-state index contributed by atoms with van der Waals surface area (Å²) >= 11 is 0. The minimum atomic E-state index is -0.367. The van der Waals surface area contributed by atoms with Crippen LogP contribution in [0.4, 0.5) is 0 Å². The Morgan fingerprint density at radius 1 is 1.08 bits per heavy atom. The van der Waals surface area contributed by atoms with Gasteiger partial charge in [0.05, 0.1) is 5.60 Å². The molecule has 3 heteroatoms. The van der Waals surface area contributed by atoms with Crippen molar-refractivity contribution in [2.45, 2.75) is 44.6 Å². The van der Waals surface area contributed by atoms with Crippen molar-refractivity contribution in [2.24, 2.45) is 5.41 Å². The Morgan fingerprint density at radius 2 is 1.69 bits per heavy atom. The highest BCUT2D eigenvalue weighted by atomic mass is 35.5. The number of hydrogen-bond donors (Lipinski definition) is 2. The average molecular weight is 206 g/mol. The average Bonchev–Trinajstić information content (AvgIpc) is 2.46. The fourth-order valence-electron chi connectivity index (χ4n) is 2.54. The lowest BCUT2D eigenvalue weighted by molar-refractivity contribution is -0.0140. The third kappa shape index (κ3) is 2.36. The van der Waals surface area contributed by atoms with Crippen molar-refractivity contribution in [1.29, 1.82) is 0 Å². The SMILES string of the molecule is CC1(O)CCC2(CCNC2)CC1.Cl. The number of nitrogens with one attached hydrogen (secondary N) is 1. The standard InChI is InChI=1S/C10H19NO.ClH/c1-9(12)2-4-10(5-3-9)6-7-11-8-10;/h11-12H,2-8H2,1H3;1H. The van der Waals surface area contributed by atoms with Crippen LogP contribution in [0.5, 0.6) is 0 Å². The molecule has 2 aliphatic rings. The smallest absolute Gasteiger partial charge is 0.0620 e. The first-order valence-corrected chi connectivity index (χ1v) is 5.05. The van der Waals surface area contributed by atoms with Gasteiger partial charge in [0.2, 0.25) is 0 Å². The van der Waals surface area contributed by atoms with E-state index in [2.05, 4.69) is 5.32 Å². The lowest BCUT2D eigenvalue weighted by Crippen LogP contribution is -2.37. The van der Waals surface area contributed by atoms with Gasteiger partial charge in [0.1, 0.15) is 0 Å². The zero-order chi connectivity index (χ0) is 8.66. The second-order valence-corrected chi connectivity index (χ2v) is 4.92. The Morgan fingerprint density at radius 3 is 2.15 bits per heavy atom. The molecule has 2 nitrogen and oxygen atoms in total. The van der Waals surface area contributed by atoms with Gasteiger partial charge in [0.25, 0.3) is 0 Å². The van der Waals surface area contributed by atoms with Gasteiger partial charge in [-0.1, -0.05) is 0 Å². The van der Waals surface area contributed by atoms with Crippen LogP contribution in [0.3, 0.4) is 0 Å². The van der Waals surface area contributed by atoms with E-state index < -0.39 is 0 Å². The third-order valence-electron chi connectivity index (χ3n) is 3.72. The van der Waals surface area contributed by atoms with E-state index in [-0.39, 0.29) is 18.0 Å². The summed E-state index contributed by atoms with van der Waals surface area (Å²) in [6, 6.07) is 0. The van der Waals surface area contributed by atoms with Crippen LogP contribution in [-0.2, 0) is 0 Å². The predicted molar refractivity (Wildman–Crippen MR) is 56.3 cm³/mol. The van der Waals surface area contributed by atoms with Gasteiger partial charge in [0, 0.05) is 6.54 Å². The van der Waals surface area contributed by atoms with Gasteiger partial charge in [-0.25, -0.2) is 0 Å². The molecule has 0 aromatic carbocycles. The quantitative estimate of drug-likeness (QED) is 0.631. The maximum atomic E-state index is 9.80. The van der Waals surface area contributed by atoms with Gasteiger partial charge in [0.15, 0.2) is 0 Å². The van der Waals surface area contributed by atoms with Crippen molar-refractivity contribution in [1.82, 2.24) is 5.32 Å². The van der Waals surface area contributed by atoms with Crippen molar-refractivity contribution in [2.75, 3.05) is 13.1 Å². The normalized spacial score (nSPS) is 44.8. The van der Waals surface area contributed by atoms with Gasteiger partial charge in [-0.3, -0.25) is 0 Å². The Kier molecular flexibility index (Phi) is 3.26. The lowest BCUT2D eigenvalue weighted by atomic mass is 9.69. The largest absolute Gasteiger partial charge is 0.390 e. The molecule has 1 aliphatic carbocycles. The lowest BCUT2D eigenvalue weighted by Gasteiger charge is -2.39. The molecule has 2 fully saturated rings. The summed E-state index contributed by atoms with van der Waals surface area (Å²) in [6.07, 6.45) is 5.74. The summed E-state index contributed by atoms with van der Waals surface area (Å²) in [6.45, 7) is 4.34. The molecule has 1 saturated carbocycles. The predicted octanol–water partition coefficient (Wildman–Crippen LogP) is 1.71. The second-order valence-electron chi connectivity index (χ2n) is 4.92. The van der Waals surface area contributed by atoms with E-state index in [1.165, 1.54) is 32.4 Å².